The molecule has 0 N–H and O–H groups in total. The summed E-state index contributed by atoms with van der Waals surface area (Å²) in [6.07, 6.45) is 2.24. The maximum atomic E-state index is 13.0. The van der Waals surface area contributed by atoms with E-state index < -0.39 is 5.95 Å². The minimum Gasteiger partial charge on any atom is -0.352 e. The van der Waals surface area contributed by atoms with Crippen molar-refractivity contribution >= 4 is 5.82 Å². The van der Waals surface area contributed by atoms with Crippen LogP contribution in [0.5, 0.6) is 0 Å². The van der Waals surface area contributed by atoms with Crippen LogP contribution in [0, 0.1) is 5.95 Å². The Balaban J connectivity index is 1.89. The fourth-order valence-corrected chi connectivity index (χ4v) is 2.19. The lowest BCUT2D eigenvalue weighted by Gasteiger charge is -2.29. The molecule has 0 fully saturated rings. The number of halogens is 1. The molecule has 2 heterocycles. The molecule has 0 unspecified atom stereocenters. The van der Waals surface area contributed by atoms with Gasteiger partial charge in [-0.3, -0.25) is 0 Å². The summed E-state index contributed by atoms with van der Waals surface area (Å²) in [5.41, 5.74) is 2.66. The first-order valence-electron chi connectivity index (χ1n) is 5.62. The molecule has 0 atom stereocenters. The predicted octanol–water partition coefficient (Wildman–Crippen LogP) is 2.18. The summed E-state index contributed by atoms with van der Waals surface area (Å²) in [6.45, 7) is 1.65. The Morgan fingerprint density at radius 3 is 2.76 bits per heavy atom. The molecule has 1 aromatic heterocycles. The second kappa shape index (κ2) is 4.13. The highest BCUT2D eigenvalue weighted by Crippen LogP contribution is 2.22. The van der Waals surface area contributed by atoms with Crippen molar-refractivity contribution in [1.82, 2.24) is 9.97 Å². The van der Waals surface area contributed by atoms with Gasteiger partial charge in [-0.15, -0.1) is 0 Å². The van der Waals surface area contributed by atoms with Crippen LogP contribution in [0.1, 0.15) is 11.1 Å². The zero-order valence-corrected chi connectivity index (χ0v) is 9.31. The van der Waals surface area contributed by atoms with E-state index in [0.29, 0.717) is 5.82 Å². The van der Waals surface area contributed by atoms with Crippen molar-refractivity contribution in [3.05, 3.63) is 53.7 Å². The Hall–Kier alpha value is -1.97. The van der Waals surface area contributed by atoms with E-state index in [9.17, 15) is 4.39 Å². The topological polar surface area (TPSA) is 29.0 Å². The Morgan fingerprint density at radius 2 is 1.94 bits per heavy atom. The van der Waals surface area contributed by atoms with Gasteiger partial charge >= 0.3 is 0 Å². The first kappa shape index (κ1) is 10.2. The van der Waals surface area contributed by atoms with Gasteiger partial charge in [0.25, 0.3) is 0 Å². The molecular weight excluding hydrogens is 217 g/mol. The minimum atomic E-state index is -0.478. The first-order valence-corrected chi connectivity index (χ1v) is 5.62. The van der Waals surface area contributed by atoms with E-state index in [2.05, 4.69) is 33.1 Å². The molecule has 2 aromatic rings. The molecule has 86 valence electrons. The third kappa shape index (κ3) is 1.98. The van der Waals surface area contributed by atoms with E-state index in [1.54, 1.807) is 0 Å². The Morgan fingerprint density at radius 1 is 1.12 bits per heavy atom. The molecular formula is C13H12FN3. The number of anilines is 1. The predicted molar refractivity (Wildman–Crippen MR) is 63.2 cm³/mol. The average Bonchev–Trinajstić information content (AvgIpc) is 2.38. The second-order valence-electron chi connectivity index (χ2n) is 4.14. The number of hydrogen-bond acceptors (Lipinski definition) is 3. The number of aromatic nitrogens is 2. The van der Waals surface area contributed by atoms with Crippen molar-refractivity contribution in [2.75, 3.05) is 11.4 Å². The number of fused-ring (bicyclic) bond motifs is 1. The molecule has 0 saturated carbocycles. The first-order chi connectivity index (χ1) is 8.33. The van der Waals surface area contributed by atoms with E-state index in [0.717, 1.165) is 19.5 Å². The fraction of sp³-hybridized carbons (Fsp3) is 0.231. The highest BCUT2D eigenvalue weighted by Gasteiger charge is 2.17. The molecule has 1 aliphatic heterocycles. The third-order valence-corrected chi connectivity index (χ3v) is 3.07. The van der Waals surface area contributed by atoms with Gasteiger partial charge < -0.3 is 4.90 Å². The van der Waals surface area contributed by atoms with Crippen LogP contribution in [0.25, 0.3) is 0 Å². The highest BCUT2D eigenvalue weighted by molar-refractivity contribution is 5.43. The molecule has 3 nitrogen and oxygen atoms in total. The normalized spacial score (nSPS) is 14.5. The summed E-state index contributed by atoms with van der Waals surface area (Å²) in [7, 11) is 0. The van der Waals surface area contributed by atoms with Crippen molar-refractivity contribution in [3.8, 4) is 0 Å². The van der Waals surface area contributed by atoms with Gasteiger partial charge in [-0.1, -0.05) is 24.3 Å². The van der Waals surface area contributed by atoms with Crippen molar-refractivity contribution in [2.45, 2.75) is 13.0 Å². The maximum Gasteiger partial charge on any atom is 0.218 e. The Kier molecular flexibility index (Phi) is 2.48. The lowest BCUT2D eigenvalue weighted by Crippen LogP contribution is -2.31. The van der Waals surface area contributed by atoms with Crippen LogP contribution in [0.15, 0.2) is 36.7 Å². The van der Waals surface area contributed by atoms with Gasteiger partial charge in [-0.25, -0.2) is 9.97 Å². The fourth-order valence-electron chi connectivity index (χ4n) is 2.19. The summed E-state index contributed by atoms with van der Waals surface area (Å²) in [5, 5.41) is 0. The molecule has 1 aromatic carbocycles. The molecule has 0 amide bonds. The molecule has 0 radical (unpaired) electrons. The molecule has 0 aliphatic carbocycles. The zero-order valence-electron chi connectivity index (χ0n) is 9.31. The summed E-state index contributed by atoms with van der Waals surface area (Å²) in [4.78, 5) is 9.66. The van der Waals surface area contributed by atoms with Crippen molar-refractivity contribution in [2.24, 2.45) is 0 Å². The second-order valence-corrected chi connectivity index (χ2v) is 4.14. The number of nitrogens with zero attached hydrogens (tertiary/aromatic N) is 3. The summed E-state index contributed by atoms with van der Waals surface area (Å²) < 4.78 is 13.0. The summed E-state index contributed by atoms with van der Waals surface area (Å²) in [5.74, 6) is 0.181. The lowest BCUT2D eigenvalue weighted by atomic mass is 10.00. The van der Waals surface area contributed by atoms with Gasteiger partial charge in [-0.2, -0.15) is 4.39 Å². The smallest absolute Gasteiger partial charge is 0.218 e. The highest BCUT2D eigenvalue weighted by atomic mass is 19.1. The zero-order chi connectivity index (χ0) is 11.7. The molecule has 17 heavy (non-hydrogen) atoms. The van der Waals surface area contributed by atoms with Crippen molar-refractivity contribution in [1.29, 1.82) is 0 Å². The monoisotopic (exact) mass is 229 g/mol. The standard InChI is InChI=1S/C13H12FN3/c14-12-7-13(16-9-15-12)17-6-5-10-3-1-2-4-11(10)8-17/h1-4,7,9H,5-6,8H2. The van der Waals surface area contributed by atoms with Gasteiger partial charge in [0.2, 0.25) is 5.95 Å². The summed E-state index contributed by atoms with van der Waals surface area (Å²) in [6, 6.07) is 9.72. The van der Waals surface area contributed by atoms with Gasteiger partial charge in [0.1, 0.15) is 12.1 Å². The van der Waals surface area contributed by atoms with Crippen LogP contribution in [0.3, 0.4) is 0 Å². The Labute approximate surface area is 98.9 Å². The largest absolute Gasteiger partial charge is 0.352 e. The van der Waals surface area contributed by atoms with Gasteiger partial charge in [0.15, 0.2) is 0 Å². The van der Waals surface area contributed by atoms with Crippen LogP contribution in [0.2, 0.25) is 0 Å². The maximum absolute atomic E-state index is 13.0. The quantitative estimate of drug-likeness (QED) is 0.702. The van der Waals surface area contributed by atoms with E-state index in [4.69, 9.17) is 0 Å². The van der Waals surface area contributed by atoms with E-state index in [-0.39, 0.29) is 0 Å². The van der Waals surface area contributed by atoms with Gasteiger partial charge in [0.05, 0.1) is 0 Å². The number of hydrogen-bond donors (Lipinski definition) is 0. The number of benzene rings is 1. The third-order valence-electron chi connectivity index (χ3n) is 3.07. The average molecular weight is 229 g/mol. The van der Waals surface area contributed by atoms with Crippen molar-refractivity contribution < 1.29 is 4.39 Å². The van der Waals surface area contributed by atoms with E-state index in [1.807, 2.05) is 6.07 Å². The molecule has 1 aliphatic rings. The van der Waals surface area contributed by atoms with Gasteiger partial charge in [0, 0.05) is 19.2 Å². The van der Waals surface area contributed by atoms with Gasteiger partial charge in [-0.05, 0) is 17.5 Å². The van der Waals surface area contributed by atoms with E-state index in [1.165, 1.54) is 23.5 Å². The molecule has 0 saturated heterocycles. The molecule has 3 rings (SSSR count). The van der Waals surface area contributed by atoms with E-state index >= 15 is 0 Å². The molecule has 0 bridgehead atoms. The van der Waals surface area contributed by atoms with Crippen LogP contribution in [-0.4, -0.2) is 16.5 Å². The lowest BCUT2D eigenvalue weighted by molar-refractivity contribution is 0.576. The van der Waals surface area contributed by atoms with Crippen LogP contribution in [-0.2, 0) is 13.0 Å². The molecule has 4 heteroatoms. The van der Waals surface area contributed by atoms with Crippen LogP contribution < -0.4 is 4.90 Å². The molecule has 0 spiro atoms. The number of rotatable bonds is 1. The van der Waals surface area contributed by atoms with Crippen LogP contribution in [0.4, 0.5) is 10.2 Å². The Bertz CT molecular complexity index is 542. The van der Waals surface area contributed by atoms with Crippen molar-refractivity contribution in [3.63, 3.8) is 0 Å². The SMILES string of the molecule is Fc1cc(N2CCc3ccccc3C2)ncn1. The summed E-state index contributed by atoms with van der Waals surface area (Å²) >= 11 is 0. The van der Waals surface area contributed by atoms with Crippen LogP contribution >= 0.6 is 0 Å². The minimum absolute atomic E-state index is 0.478.